The standard InChI is InChI=1S/C14H22N2O2/c1-4-6-11(5-2)16-14(17)12-9-10(15)7-8-13(12)18-3/h7-9,11H,4-6,15H2,1-3H3,(H,16,17). The molecule has 100 valence electrons. The van der Waals surface area contributed by atoms with Crippen molar-refractivity contribution in [2.75, 3.05) is 12.8 Å². The molecule has 3 N–H and O–H groups in total. The van der Waals surface area contributed by atoms with Crippen LogP contribution in [0.2, 0.25) is 0 Å². The molecule has 0 saturated heterocycles. The minimum absolute atomic E-state index is 0.126. The largest absolute Gasteiger partial charge is 0.496 e. The predicted molar refractivity (Wildman–Crippen MR) is 73.9 cm³/mol. The number of carbonyl (C=O) groups is 1. The second-order valence-corrected chi connectivity index (χ2v) is 4.33. The van der Waals surface area contributed by atoms with E-state index in [1.807, 2.05) is 0 Å². The van der Waals surface area contributed by atoms with Gasteiger partial charge in [0.15, 0.2) is 0 Å². The summed E-state index contributed by atoms with van der Waals surface area (Å²) in [6.07, 6.45) is 2.95. The molecule has 1 rings (SSSR count). The van der Waals surface area contributed by atoms with Crippen LogP contribution in [0.1, 0.15) is 43.5 Å². The quantitative estimate of drug-likeness (QED) is 0.763. The number of anilines is 1. The van der Waals surface area contributed by atoms with E-state index in [1.165, 1.54) is 0 Å². The highest BCUT2D eigenvalue weighted by Crippen LogP contribution is 2.21. The van der Waals surface area contributed by atoms with Gasteiger partial charge < -0.3 is 15.8 Å². The van der Waals surface area contributed by atoms with Gasteiger partial charge in [0.05, 0.1) is 12.7 Å². The summed E-state index contributed by atoms with van der Waals surface area (Å²) >= 11 is 0. The Balaban J connectivity index is 2.85. The highest BCUT2D eigenvalue weighted by Gasteiger charge is 2.15. The second kappa shape index (κ2) is 6.89. The van der Waals surface area contributed by atoms with E-state index in [9.17, 15) is 4.79 Å². The van der Waals surface area contributed by atoms with Crippen LogP contribution >= 0.6 is 0 Å². The molecule has 0 saturated carbocycles. The van der Waals surface area contributed by atoms with Crippen molar-refractivity contribution in [1.82, 2.24) is 5.32 Å². The number of benzene rings is 1. The van der Waals surface area contributed by atoms with E-state index in [2.05, 4.69) is 19.2 Å². The maximum Gasteiger partial charge on any atom is 0.255 e. The molecule has 0 radical (unpaired) electrons. The molecular weight excluding hydrogens is 228 g/mol. The zero-order valence-corrected chi connectivity index (χ0v) is 11.3. The summed E-state index contributed by atoms with van der Waals surface area (Å²) < 4.78 is 5.18. The second-order valence-electron chi connectivity index (χ2n) is 4.33. The molecule has 4 nitrogen and oxygen atoms in total. The Labute approximate surface area is 109 Å². The fourth-order valence-corrected chi connectivity index (χ4v) is 1.89. The first-order valence-electron chi connectivity index (χ1n) is 6.36. The lowest BCUT2D eigenvalue weighted by Gasteiger charge is -2.17. The number of methoxy groups -OCH3 is 1. The maximum atomic E-state index is 12.2. The lowest BCUT2D eigenvalue weighted by molar-refractivity contribution is 0.0930. The number of nitrogens with two attached hydrogens (primary N) is 1. The Bertz CT molecular complexity index is 405. The van der Waals surface area contributed by atoms with Crippen LogP contribution in [-0.4, -0.2) is 19.1 Å². The van der Waals surface area contributed by atoms with Gasteiger partial charge in [-0.2, -0.15) is 0 Å². The van der Waals surface area contributed by atoms with Crippen molar-refractivity contribution in [3.8, 4) is 5.75 Å². The average Bonchev–Trinajstić information content (AvgIpc) is 2.38. The van der Waals surface area contributed by atoms with Crippen LogP contribution in [0.25, 0.3) is 0 Å². The summed E-state index contributed by atoms with van der Waals surface area (Å²) in [6, 6.07) is 5.28. The molecule has 0 aliphatic carbocycles. The van der Waals surface area contributed by atoms with Gasteiger partial charge in [-0.25, -0.2) is 0 Å². The summed E-state index contributed by atoms with van der Waals surface area (Å²) in [6.45, 7) is 4.17. The first-order valence-corrected chi connectivity index (χ1v) is 6.36. The van der Waals surface area contributed by atoms with Crippen LogP contribution < -0.4 is 15.8 Å². The van der Waals surface area contributed by atoms with Crippen molar-refractivity contribution in [2.24, 2.45) is 0 Å². The molecule has 0 heterocycles. The molecule has 1 aromatic rings. The van der Waals surface area contributed by atoms with Gasteiger partial charge in [0.1, 0.15) is 5.75 Å². The number of nitrogen functional groups attached to an aromatic ring is 1. The van der Waals surface area contributed by atoms with E-state index in [0.717, 1.165) is 19.3 Å². The van der Waals surface area contributed by atoms with E-state index in [1.54, 1.807) is 25.3 Å². The lowest BCUT2D eigenvalue weighted by atomic mass is 10.1. The topological polar surface area (TPSA) is 64.4 Å². The Kier molecular flexibility index (Phi) is 5.49. The molecule has 0 spiro atoms. The van der Waals surface area contributed by atoms with Crippen molar-refractivity contribution in [2.45, 2.75) is 39.2 Å². The van der Waals surface area contributed by atoms with Crippen LogP contribution in [0.4, 0.5) is 5.69 Å². The van der Waals surface area contributed by atoms with E-state index in [-0.39, 0.29) is 11.9 Å². The Morgan fingerprint density at radius 3 is 2.72 bits per heavy atom. The third kappa shape index (κ3) is 3.65. The molecule has 4 heteroatoms. The van der Waals surface area contributed by atoms with Gasteiger partial charge in [-0.15, -0.1) is 0 Å². The average molecular weight is 250 g/mol. The number of nitrogens with one attached hydrogen (secondary N) is 1. The number of hydrogen-bond donors (Lipinski definition) is 2. The zero-order chi connectivity index (χ0) is 13.5. The van der Waals surface area contributed by atoms with E-state index in [0.29, 0.717) is 17.0 Å². The van der Waals surface area contributed by atoms with Crippen molar-refractivity contribution in [1.29, 1.82) is 0 Å². The fourth-order valence-electron chi connectivity index (χ4n) is 1.89. The molecule has 1 aromatic carbocycles. The Morgan fingerprint density at radius 1 is 1.44 bits per heavy atom. The predicted octanol–water partition coefficient (Wildman–Crippen LogP) is 2.59. The SMILES string of the molecule is CCCC(CC)NC(=O)c1cc(N)ccc1OC. The van der Waals surface area contributed by atoms with Crippen LogP contribution in [-0.2, 0) is 0 Å². The molecular formula is C14H22N2O2. The third-order valence-corrected chi connectivity index (χ3v) is 2.93. The fraction of sp³-hybridized carbons (Fsp3) is 0.500. The molecule has 0 bridgehead atoms. The Morgan fingerprint density at radius 2 is 2.17 bits per heavy atom. The van der Waals surface area contributed by atoms with Crippen molar-refractivity contribution >= 4 is 11.6 Å². The van der Waals surface area contributed by atoms with Gasteiger partial charge in [0, 0.05) is 11.7 Å². The Hall–Kier alpha value is -1.71. The smallest absolute Gasteiger partial charge is 0.255 e. The molecule has 1 unspecified atom stereocenters. The first kappa shape index (κ1) is 14.4. The highest BCUT2D eigenvalue weighted by molar-refractivity contribution is 5.98. The number of carbonyl (C=O) groups excluding carboxylic acids is 1. The molecule has 18 heavy (non-hydrogen) atoms. The highest BCUT2D eigenvalue weighted by atomic mass is 16.5. The van der Waals surface area contributed by atoms with Gasteiger partial charge in [-0.05, 0) is 31.0 Å². The summed E-state index contributed by atoms with van der Waals surface area (Å²) in [5.41, 5.74) is 6.76. The molecule has 0 aromatic heterocycles. The molecule has 1 amide bonds. The van der Waals surface area contributed by atoms with Gasteiger partial charge >= 0.3 is 0 Å². The van der Waals surface area contributed by atoms with Crippen LogP contribution in [0.3, 0.4) is 0 Å². The van der Waals surface area contributed by atoms with Crippen molar-refractivity contribution in [3.05, 3.63) is 23.8 Å². The number of ether oxygens (including phenoxy) is 1. The first-order chi connectivity index (χ1) is 8.62. The van der Waals surface area contributed by atoms with Crippen LogP contribution in [0.5, 0.6) is 5.75 Å². The maximum absolute atomic E-state index is 12.2. The van der Waals surface area contributed by atoms with Crippen LogP contribution in [0, 0.1) is 0 Å². The van der Waals surface area contributed by atoms with Gasteiger partial charge in [-0.3, -0.25) is 4.79 Å². The number of rotatable bonds is 6. The van der Waals surface area contributed by atoms with Gasteiger partial charge in [0.2, 0.25) is 0 Å². The molecule has 0 aliphatic heterocycles. The summed E-state index contributed by atoms with van der Waals surface area (Å²) in [7, 11) is 1.55. The molecule has 0 fully saturated rings. The van der Waals surface area contributed by atoms with E-state index < -0.39 is 0 Å². The van der Waals surface area contributed by atoms with E-state index >= 15 is 0 Å². The minimum Gasteiger partial charge on any atom is -0.496 e. The third-order valence-electron chi connectivity index (χ3n) is 2.93. The summed E-state index contributed by atoms with van der Waals surface area (Å²) in [5, 5.41) is 3.01. The lowest BCUT2D eigenvalue weighted by Crippen LogP contribution is -2.34. The monoisotopic (exact) mass is 250 g/mol. The summed E-state index contributed by atoms with van der Waals surface area (Å²) in [4.78, 5) is 12.2. The van der Waals surface area contributed by atoms with E-state index in [4.69, 9.17) is 10.5 Å². The van der Waals surface area contributed by atoms with Gasteiger partial charge in [-0.1, -0.05) is 20.3 Å². The number of hydrogen-bond acceptors (Lipinski definition) is 3. The van der Waals surface area contributed by atoms with Crippen molar-refractivity contribution < 1.29 is 9.53 Å². The zero-order valence-electron chi connectivity index (χ0n) is 11.3. The number of amides is 1. The molecule has 1 atom stereocenters. The summed E-state index contributed by atoms with van der Waals surface area (Å²) in [5.74, 6) is 0.424. The van der Waals surface area contributed by atoms with Crippen molar-refractivity contribution in [3.63, 3.8) is 0 Å². The van der Waals surface area contributed by atoms with Gasteiger partial charge in [0.25, 0.3) is 5.91 Å². The molecule has 0 aliphatic rings. The normalized spacial score (nSPS) is 11.9. The van der Waals surface area contributed by atoms with Crippen LogP contribution in [0.15, 0.2) is 18.2 Å². The minimum atomic E-state index is -0.126.